The van der Waals surface area contributed by atoms with Gasteiger partial charge in [-0.15, -0.1) is 18.3 Å². The molecule has 0 spiro atoms. The molecule has 0 unspecified atom stereocenters. The Bertz CT molecular complexity index is 946. The molecule has 0 radical (unpaired) electrons. The van der Waals surface area contributed by atoms with Crippen LogP contribution in [0.2, 0.25) is 0 Å². The van der Waals surface area contributed by atoms with Crippen LogP contribution in [0.5, 0.6) is 0 Å². The molecule has 0 aliphatic carbocycles. The summed E-state index contributed by atoms with van der Waals surface area (Å²) in [5.74, 6) is 0. The maximum absolute atomic E-state index is 13.3. The molecular formula is C22H16F3N3. The van der Waals surface area contributed by atoms with Gasteiger partial charge in [0.2, 0.25) is 0 Å². The predicted octanol–water partition coefficient (Wildman–Crippen LogP) is 5.14. The number of rotatable bonds is 4. The Balaban J connectivity index is 2.09. The Hall–Kier alpha value is -3.41. The van der Waals surface area contributed by atoms with Gasteiger partial charge in [-0.05, 0) is 16.7 Å². The minimum Gasteiger partial charge on any atom is -0.158 e. The molecule has 4 rings (SSSR count). The fourth-order valence-electron chi connectivity index (χ4n) is 3.57. The van der Waals surface area contributed by atoms with E-state index >= 15 is 0 Å². The topological polar surface area (TPSA) is 30.7 Å². The maximum Gasteiger partial charge on any atom is 0.505 e. The van der Waals surface area contributed by atoms with Gasteiger partial charge in [0.1, 0.15) is 5.69 Å². The van der Waals surface area contributed by atoms with Gasteiger partial charge in [-0.1, -0.05) is 96.2 Å². The quantitative estimate of drug-likeness (QED) is 0.460. The molecule has 140 valence electrons. The van der Waals surface area contributed by atoms with Crippen LogP contribution in [0, 0.1) is 0 Å². The van der Waals surface area contributed by atoms with Gasteiger partial charge < -0.3 is 0 Å². The van der Waals surface area contributed by atoms with Crippen LogP contribution in [-0.2, 0) is 11.7 Å². The molecule has 0 N–H and O–H groups in total. The number of halogens is 3. The zero-order valence-electron chi connectivity index (χ0n) is 14.7. The molecule has 0 aliphatic rings. The molecule has 0 saturated heterocycles. The van der Waals surface area contributed by atoms with Crippen molar-refractivity contribution in [3.63, 3.8) is 0 Å². The molecule has 0 bridgehead atoms. The van der Waals surface area contributed by atoms with Gasteiger partial charge in [-0.3, -0.25) is 0 Å². The highest BCUT2D eigenvalue weighted by Crippen LogP contribution is 2.44. The molecule has 0 atom stereocenters. The standard InChI is InChI=1S/C22H16F3N3/c23-22(24,25)28-16-20(26-27-28)21(17-10-4-1-5-11-17,18-12-6-2-7-13-18)19-14-8-3-9-15-19/h1-16H. The van der Waals surface area contributed by atoms with Crippen molar-refractivity contribution >= 4 is 0 Å². The lowest BCUT2D eigenvalue weighted by molar-refractivity contribution is -0.213. The van der Waals surface area contributed by atoms with Crippen molar-refractivity contribution in [3.8, 4) is 0 Å². The van der Waals surface area contributed by atoms with Crippen molar-refractivity contribution in [2.45, 2.75) is 11.7 Å². The van der Waals surface area contributed by atoms with E-state index in [1.807, 2.05) is 91.0 Å². The molecule has 3 nitrogen and oxygen atoms in total. The Labute approximate surface area is 160 Å². The second-order valence-corrected chi connectivity index (χ2v) is 6.36. The van der Waals surface area contributed by atoms with Gasteiger partial charge in [-0.25, -0.2) is 0 Å². The Kier molecular flexibility index (Phi) is 4.47. The van der Waals surface area contributed by atoms with E-state index in [4.69, 9.17) is 0 Å². The van der Waals surface area contributed by atoms with E-state index in [1.165, 1.54) is 0 Å². The summed E-state index contributed by atoms with van der Waals surface area (Å²) in [4.78, 5) is 0. The molecule has 28 heavy (non-hydrogen) atoms. The summed E-state index contributed by atoms with van der Waals surface area (Å²) in [5.41, 5.74) is 1.59. The van der Waals surface area contributed by atoms with Crippen LogP contribution in [0.3, 0.4) is 0 Å². The van der Waals surface area contributed by atoms with Crippen molar-refractivity contribution in [2.75, 3.05) is 0 Å². The first kappa shape index (κ1) is 18.0. The van der Waals surface area contributed by atoms with E-state index in [-0.39, 0.29) is 10.4 Å². The van der Waals surface area contributed by atoms with Crippen LogP contribution in [0.25, 0.3) is 0 Å². The van der Waals surface area contributed by atoms with Crippen molar-refractivity contribution in [3.05, 3.63) is 120 Å². The molecule has 0 aliphatic heterocycles. The third kappa shape index (κ3) is 2.97. The van der Waals surface area contributed by atoms with E-state index in [9.17, 15) is 13.2 Å². The largest absolute Gasteiger partial charge is 0.505 e. The van der Waals surface area contributed by atoms with E-state index in [0.717, 1.165) is 22.9 Å². The maximum atomic E-state index is 13.3. The smallest absolute Gasteiger partial charge is 0.158 e. The molecule has 1 heterocycles. The van der Waals surface area contributed by atoms with Gasteiger partial charge in [0, 0.05) is 0 Å². The van der Waals surface area contributed by atoms with Crippen LogP contribution < -0.4 is 0 Å². The van der Waals surface area contributed by atoms with Crippen LogP contribution in [0.1, 0.15) is 22.4 Å². The van der Waals surface area contributed by atoms with Crippen LogP contribution in [0.15, 0.2) is 97.2 Å². The zero-order chi connectivity index (χ0) is 19.6. The first-order chi connectivity index (χ1) is 13.5. The summed E-state index contributed by atoms with van der Waals surface area (Å²) in [7, 11) is 0. The van der Waals surface area contributed by atoms with Crippen LogP contribution in [-0.4, -0.2) is 15.0 Å². The minimum absolute atomic E-state index is 0.0497. The average molecular weight is 379 g/mol. The van der Waals surface area contributed by atoms with E-state index < -0.39 is 11.7 Å². The number of aromatic nitrogens is 3. The highest BCUT2D eigenvalue weighted by molar-refractivity contribution is 5.57. The van der Waals surface area contributed by atoms with Gasteiger partial charge in [0.15, 0.2) is 0 Å². The van der Waals surface area contributed by atoms with Crippen molar-refractivity contribution < 1.29 is 13.2 Å². The van der Waals surface area contributed by atoms with E-state index in [0.29, 0.717) is 0 Å². The number of nitrogens with zero attached hydrogens (tertiary/aromatic N) is 3. The lowest BCUT2D eigenvalue weighted by Gasteiger charge is -2.34. The third-order valence-electron chi connectivity index (χ3n) is 4.76. The summed E-state index contributed by atoms with van der Waals surface area (Å²) in [6.45, 7) is 0. The van der Waals surface area contributed by atoms with Crippen molar-refractivity contribution in [1.82, 2.24) is 15.0 Å². The lowest BCUT2D eigenvalue weighted by Crippen LogP contribution is -2.31. The Morgan fingerprint density at radius 2 is 1.00 bits per heavy atom. The molecule has 1 aromatic heterocycles. The summed E-state index contributed by atoms with van der Waals surface area (Å²) in [5, 5.41) is 7.35. The fourth-order valence-corrected chi connectivity index (χ4v) is 3.57. The highest BCUT2D eigenvalue weighted by atomic mass is 19.4. The van der Waals surface area contributed by atoms with Gasteiger partial charge in [-0.2, -0.15) is 4.68 Å². The first-order valence-corrected chi connectivity index (χ1v) is 8.69. The van der Waals surface area contributed by atoms with Crippen LogP contribution in [0.4, 0.5) is 13.2 Å². The van der Waals surface area contributed by atoms with Gasteiger partial charge in [0.25, 0.3) is 0 Å². The van der Waals surface area contributed by atoms with E-state index in [2.05, 4.69) is 10.3 Å². The number of hydrogen-bond acceptors (Lipinski definition) is 2. The fraction of sp³-hybridized carbons (Fsp3) is 0.0909. The van der Waals surface area contributed by atoms with Crippen molar-refractivity contribution in [2.24, 2.45) is 0 Å². The second kappa shape index (κ2) is 6.96. The summed E-state index contributed by atoms with van der Waals surface area (Å²) in [6.07, 6.45) is -3.67. The minimum atomic E-state index is -4.64. The number of alkyl halides is 3. The summed E-state index contributed by atoms with van der Waals surface area (Å²) >= 11 is 0. The highest BCUT2D eigenvalue weighted by Gasteiger charge is 2.43. The molecule has 4 aromatic rings. The average Bonchev–Trinajstić information content (AvgIpc) is 3.22. The van der Waals surface area contributed by atoms with Crippen LogP contribution >= 0.6 is 0 Å². The molecule has 3 aromatic carbocycles. The SMILES string of the molecule is FC(F)(F)n1cc(C(c2ccccc2)(c2ccccc2)c2ccccc2)nn1. The monoisotopic (exact) mass is 379 g/mol. The van der Waals surface area contributed by atoms with Gasteiger partial charge >= 0.3 is 6.30 Å². The molecule has 0 saturated carbocycles. The summed E-state index contributed by atoms with van der Waals surface area (Å²) in [6, 6.07) is 28.2. The zero-order valence-corrected chi connectivity index (χ0v) is 14.7. The van der Waals surface area contributed by atoms with E-state index in [1.54, 1.807) is 0 Å². The Morgan fingerprint density at radius 3 is 1.32 bits per heavy atom. The normalized spacial score (nSPS) is 12.1. The molecule has 0 amide bonds. The third-order valence-corrected chi connectivity index (χ3v) is 4.76. The summed E-state index contributed by atoms with van der Waals surface area (Å²) < 4.78 is 39.7. The lowest BCUT2D eigenvalue weighted by atomic mass is 9.67. The first-order valence-electron chi connectivity index (χ1n) is 8.69. The molecule has 6 heteroatoms. The number of benzene rings is 3. The number of hydrogen-bond donors (Lipinski definition) is 0. The van der Waals surface area contributed by atoms with Gasteiger partial charge in [0.05, 0.1) is 11.6 Å². The predicted molar refractivity (Wildman–Crippen MR) is 99.6 cm³/mol. The molecular weight excluding hydrogens is 363 g/mol. The van der Waals surface area contributed by atoms with Crippen molar-refractivity contribution in [1.29, 1.82) is 0 Å². The Morgan fingerprint density at radius 1 is 0.607 bits per heavy atom. The second-order valence-electron chi connectivity index (χ2n) is 6.36. The molecule has 0 fully saturated rings.